The Hall–Kier alpha value is -6.65. The zero-order valence-corrected chi connectivity index (χ0v) is 27.3. The number of hydrogen-bond acceptors (Lipinski definition) is 4. The fraction of sp³-hybridized carbons (Fsp3) is 0.0217. The molecule has 0 aliphatic heterocycles. The second kappa shape index (κ2) is 11.2. The number of oxazole rings is 1. The van der Waals surface area contributed by atoms with Gasteiger partial charge >= 0.3 is 0 Å². The topological polar surface area (TPSA) is 42.4 Å². The molecule has 2 aromatic heterocycles. The van der Waals surface area contributed by atoms with Crippen molar-refractivity contribution in [2.75, 3.05) is 4.90 Å². The standard InChI is InChI=1S/C46H30N2O2/c1-29-8-7-11-36(26-29)48(35-21-16-30(17-22-35)34-19-24-39-38-12-5-6-13-42(38)49-43(39)27-34)37-23-18-31-14-15-32-20-25-41-45(44(32)40(31)28-37)50-46(47-41)33-9-3-2-4-10-33/h2-28H,1H3. The lowest BCUT2D eigenvalue weighted by molar-refractivity contribution is 0.623. The van der Waals surface area contributed by atoms with Crippen molar-refractivity contribution in [2.45, 2.75) is 6.92 Å². The van der Waals surface area contributed by atoms with Crippen LogP contribution in [0.4, 0.5) is 17.1 Å². The molecule has 8 aromatic carbocycles. The number of rotatable bonds is 5. The van der Waals surface area contributed by atoms with Gasteiger partial charge in [0.15, 0.2) is 5.58 Å². The molecule has 10 aromatic rings. The maximum atomic E-state index is 6.53. The summed E-state index contributed by atoms with van der Waals surface area (Å²) in [6, 6.07) is 57.5. The highest BCUT2D eigenvalue weighted by Gasteiger charge is 2.18. The zero-order chi connectivity index (χ0) is 33.2. The maximum Gasteiger partial charge on any atom is 0.227 e. The molecule has 0 aliphatic rings. The van der Waals surface area contributed by atoms with Crippen LogP contribution in [0.3, 0.4) is 0 Å². The van der Waals surface area contributed by atoms with Gasteiger partial charge in [0.25, 0.3) is 0 Å². The van der Waals surface area contributed by atoms with Crippen molar-refractivity contribution in [3.05, 3.63) is 169 Å². The van der Waals surface area contributed by atoms with E-state index in [0.29, 0.717) is 5.89 Å². The highest BCUT2D eigenvalue weighted by atomic mass is 16.3. The summed E-state index contributed by atoms with van der Waals surface area (Å²) >= 11 is 0. The first-order valence-electron chi connectivity index (χ1n) is 16.9. The molecular formula is C46H30N2O2. The van der Waals surface area contributed by atoms with Crippen LogP contribution < -0.4 is 4.90 Å². The normalized spacial score (nSPS) is 11.7. The average molecular weight is 643 g/mol. The Morgan fingerprint density at radius 2 is 1.18 bits per heavy atom. The number of anilines is 3. The van der Waals surface area contributed by atoms with Gasteiger partial charge in [-0.1, -0.05) is 91.0 Å². The third-order valence-corrected chi connectivity index (χ3v) is 9.71. The highest BCUT2D eigenvalue weighted by molar-refractivity contribution is 6.18. The third-order valence-electron chi connectivity index (χ3n) is 9.71. The molecule has 50 heavy (non-hydrogen) atoms. The Balaban J connectivity index is 1.11. The molecule has 0 saturated heterocycles. The van der Waals surface area contributed by atoms with Crippen molar-refractivity contribution in [3.8, 4) is 22.6 Å². The molecule has 0 saturated carbocycles. The van der Waals surface area contributed by atoms with Crippen LogP contribution >= 0.6 is 0 Å². The lowest BCUT2D eigenvalue weighted by Crippen LogP contribution is -2.10. The van der Waals surface area contributed by atoms with Gasteiger partial charge in [0.05, 0.1) is 0 Å². The molecule has 0 atom stereocenters. The molecule has 0 radical (unpaired) electrons. The van der Waals surface area contributed by atoms with Gasteiger partial charge < -0.3 is 13.7 Å². The second-order valence-electron chi connectivity index (χ2n) is 12.9. The van der Waals surface area contributed by atoms with Gasteiger partial charge in [0.1, 0.15) is 16.7 Å². The minimum absolute atomic E-state index is 0.627. The second-order valence-corrected chi connectivity index (χ2v) is 12.9. The molecule has 2 heterocycles. The predicted octanol–water partition coefficient (Wildman–Crippen LogP) is 13.1. The molecule has 4 nitrogen and oxygen atoms in total. The van der Waals surface area contributed by atoms with Crippen molar-refractivity contribution in [2.24, 2.45) is 0 Å². The van der Waals surface area contributed by atoms with Crippen LogP contribution in [-0.4, -0.2) is 4.98 Å². The third kappa shape index (κ3) is 4.65. The van der Waals surface area contributed by atoms with Crippen molar-refractivity contribution in [1.29, 1.82) is 0 Å². The molecule has 0 amide bonds. The smallest absolute Gasteiger partial charge is 0.227 e. The molecule has 0 N–H and O–H groups in total. The SMILES string of the molecule is Cc1cccc(N(c2ccc(-c3ccc4c(c3)oc3ccccc34)cc2)c2ccc3ccc4ccc5nc(-c6ccccc6)oc5c4c3c2)c1. The molecule has 0 fully saturated rings. The molecule has 4 heteroatoms. The number of fused-ring (bicyclic) bond motifs is 8. The summed E-state index contributed by atoms with van der Waals surface area (Å²) in [5.41, 5.74) is 11.1. The highest BCUT2D eigenvalue weighted by Crippen LogP contribution is 2.41. The van der Waals surface area contributed by atoms with E-state index in [4.69, 9.17) is 13.8 Å². The molecule has 10 rings (SSSR count). The minimum Gasteiger partial charge on any atom is -0.456 e. The van der Waals surface area contributed by atoms with Crippen LogP contribution in [0.2, 0.25) is 0 Å². The van der Waals surface area contributed by atoms with Gasteiger partial charge in [-0.2, -0.15) is 0 Å². The lowest BCUT2D eigenvalue weighted by atomic mass is 9.99. The molecule has 0 spiro atoms. The number of furan rings is 1. The van der Waals surface area contributed by atoms with Gasteiger partial charge in [-0.3, -0.25) is 0 Å². The molecule has 0 bridgehead atoms. The quantitative estimate of drug-likeness (QED) is 0.175. The monoisotopic (exact) mass is 642 g/mol. The van der Waals surface area contributed by atoms with Gasteiger partial charge in [0, 0.05) is 38.8 Å². The minimum atomic E-state index is 0.627. The number of aryl methyl sites for hydroxylation is 1. The van der Waals surface area contributed by atoms with Crippen molar-refractivity contribution in [1.82, 2.24) is 4.98 Å². The number of hydrogen-bond donors (Lipinski definition) is 0. The molecule has 236 valence electrons. The van der Waals surface area contributed by atoms with E-state index >= 15 is 0 Å². The van der Waals surface area contributed by atoms with E-state index in [1.54, 1.807) is 0 Å². The summed E-state index contributed by atoms with van der Waals surface area (Å²) < 4.78 is 12.7. The van der Waals surface area contributed by atoms with Crippen LogP contribution in [0.25, 0.3) is 77.2 Å². The predicted molar refractivity (Wildman–Crippen MR) is 207 cm³/mol. The first-order chi connectivity index (χ1) is 24.7. The van der Waals surface area contributed by atoms with Crippen LogP contribution in [0.5, 0.6) is 0 Å². The molecule has 0 unspecified atom stereocenters. The number of benzene rings is 8. The van der Waals surface area contributed by atoms with Crippen molar-refractivity contribution >= 4 is 71.6 Å². The van der Waals surface area contributed by atoms with Crippen LogP contribution in [0.15, 0.2) is 173 Å². The summed E-state index contributed by atoms with van der Waals surface area (Å²) in [7, 11) is 0. The Labute approximate surface area is 288 Å². The average Bonchev–Trinajstić information content (AvgIpc) is 3.77. The summed E-state index contributed by atoms with van der Waals surface area (Å²) in [5.74, 6) is 0.627. The Kier molecular flexibility index (Phi) is 6.36. The van der Waals surface area contributed by atoms with E-state index in [1.165, 1.54) is 5.56 Å². The molecular weight excluding hydrogens is 613 g/mol. The van der Waals surface area contributed by atoms with Crippen LogP contribution in [0, 0.1) is 6.92 Å². The first-order valence-corrected chi connectivity index (χ1v) is 16.9. The fourth-order valence-electron chi connectivity index (χ4n) is 7.28. The van der Waals surface area contributed by atoms with E-state index in [-0.39, 0.29) is 0 Å². The van der Waals surface area contributed by atoms with E-state index in [1.807, 2.05) is 42.5 Å². The maximum absolute atomic E-state index is 6.53. The van der Waals surface area contributed by atoms with Crippen molar-refractivity contribution < 1.29 is 8.83 Å². The summed E-state index contributed by atoms with van der Waals surface area (Å²) in [6.45, 7) is 2.14. The van der Waals surface area contributed by atoms with E-state index < -0.39 is 0 Å². The van der Waals surface area contributed by atoms with Gasteiger partial charge in [-0.15, -0.1) is 0 Å². The number of nitrogens with zero attached hydrogens (tertiary/aromatic N) is 2. The Morgan fingerprint density at radius 1 is 0.460 bits per heavy atom. The van der Waals surface area contributed by atoms with Crippen LogP contribution in [-0.2, 0) is 0 Å². The summed E-state index contributed by atoms with van der Waals surface area (Å²) in [4.78, 5) is 7.21. The zero-order valence-electron chi connectivity index (χ0n) is 27.3. The van der Waals surface area contributed by atoms with Crippen molar-refractivity contribution in [3.63, 3.8) is 0 Å². The number of aromatic nitrogens is 1. The largest absolute Gasteiger partial charge is 0.456 e. The van der Waals surface area contributed by atoms with Gasteiger partial charge in [0.2, 0.25) is 5.89 Å². The van der Waals surface area contributed by atoms with Gasteiger partial charge in [-0.25, -0.2) is 4.98 Å². The lowest BCUT2D eigenvalue weighted by Gasteiger charge is -2.26. The van der Waals surface area contributed by atoms with E-state index in [0.717, 1.165) is 88.3 Å². The molecule has 0 aliphatic carbocycles. The van der Waals surface area contributed by atoms with E-state index in [9.17, 15) is 0 Å². The summed E-state index contributed by atoms with van der Waals surface area (Å²) in [6.07, 6.45) is 0. The van der Waals surface area contributed by atoms with Gasteiger partial charge in [-0.05, 0) is 113 Å². The van der Waals surface area contributed by atoms with E-state index in [2.05, 4.69) is 133 Å². The number of para-hydroxylation sites is 1. The van der Waals surface area contributed by atoms with Crippen LogP contribution in [0.1, 0.15) is 5.56 Å². The first kappa shape index (κ1) is 28.4. The Morgan fingerprint density at radius 3 is 2.06 bits per heavy atom. The Bertz CT molecular complexity index is 2880. The fourth-order valence-corrected chi connectivity index (χ4v) is 7.28. The summed E-state index contributed by atoms with van der Waals surface area (Å²) in [5, 5.41) is 6.72.